The number of nitrogens with zero attached hydrogens (tertiary/aromatic N) is 1. The highest BCUT2D eigenvalue weighted by atomic mass is 16.6. The van der Waals surface area contributed by atoms with Gasteiger partial charge in [0, 0.05) is 6.42 Å². The molecule has 1 fully saturated rings. The van der Waals surface area contributed by atoms with E-state index in [0.717, 1.165) is 5.56 Å². The fourth-order valence-corrected chi connectivity index (χ4v) is 2.26. The number of amides is 2. The molecule has 1 atom stereocenters. The average molecular weight is 318 g/mol. The molecule has 6 nitrogen and oxygen atoms in total. The fourth-order valence-electron chi connectivity index (χ4n) is 2.26. The van der Waals surface area contributed by atoms with Crippen molar-refractivity contribution in [3.8, 4) is 0 Å². The molecule has 6 heteroatoms. The van der Waals surface area contributed by atoms with Crippen LogP contribution in [0.2, 0.25) is 0 Å². The number of carbonyl (C=O) groups is 3. The number of Topliss-reactive ketones (excluding diaryl/α,β-unsaturated/α-hetero) is 1. The van der Waals surface area contributed by atoms with Crippen molar-refractivity contribution >= 4 is 17.8 Å². The lowest BCUT2D eigenvalue weighted by Gasteiger charge is -2.33. The van der Waals surface area contributed by atoms with Gasteiger partial charge in [-0.15, -0.1) is 0 Å². The van der Waals surface area contributed by atoms with Crippen LogP contribution in [0.25, 0.3) is 0 Å². The van der Waals surface area contributed by atoms with Gasteiger partial charge in [-0.05, 0) is 26.3 Å². The van der Waals surface area contributed by atoms with Crippen LogP contribution in [-0.2, 0) is 20.7 Å². The summed E-state index contributed by atoms with van der Waals surface area (Å²) < 4.78 is 5.22. The Labute approximate surface area is 135 Å². The zero-order valence-corrected chi connectivity index (χ0v) is 13.7. The molecule has 0 aliphatic carbocycles. The first-order valence-electron chi connectivity index (χ1n) is 7.58. The highest BCUT2D eigenvalue weighted by molar-refractivity contribution is 5.98. The van der Waals surface area contributed by atoms with Crippen LogP contribution in [-0.4, -0.2) is 47.4 Å². The molecule has 1 aromatic carbocycles. The van der Waals surface area contributed by atoms with E-state index in [1.165, 1.54) is 4.90 Å². The van der Waals surface area contributed by atoms with E-state index in [1.54, 1.807) is 20.8 Å². The van der Waals surface area contributed by atoms with Crippen molar-refractivity contribution in [3.63, 3.8) is 0 Å². The van der Waals surface area contributed by atoms with Gasteiger partial charge < -0.3 is 15.0 Å². The Morgan fingerprint density at radius 2 is 1.83 bits per heavy atom. The number of carbonyl (C=O) groups excluding carboxylic acids is 3. The molecule has 0 bridgehead atoms. The Balaban J connectivity index is 2.06. The van der Waals surface area contributed by atoms with Gasteiger partial charge in [-0.3, -0.25) is 9.59 Å². The van der Waals surface area contributed by atoms with Gasteiger partial charge >= 0.3 is 6.09 Å². The summed E-state index contributed by atoms with van der Waals surface area (Å²) in [5.41, 5.74) is 0.283. The molecule has 1 saturated heterocycles. The van der Waals surface area contributed by atoms with Gasteiger partial charge in [0.25, 0.3) is 0 Å². The molecule has 0 spiro atoms. The molecular formula is C17H22N2O4. The van der Waals surface area contributed by atoms with E-state index in [1.807, 2.05) is 30.3 Å². The third-order valence-electron chi connectivity index (χ3n) is 3.32. The van der Waals surface area contributed by atoms with Crippen LogP contribution in [0.4, 0.5) is 4.79 Å². The van der Waals surface area contributed by atoms with Crippen molar-refractivity contribution in [1.82, 2.24) is 10.2 Å². The van der Waals surface area contributed by atoms with Crippen molar-refractivity contribution in [2.75, 3.05) is 13.1 Å². The maximum atomic E-state index is 12.5. The molecular weight excluding hydrogens is 296 g/mol. The Morgan fingerprint density at radius 3 is 2.35 bits per heavy atom. The summed E-state index contributed by atoms with van der Waals surface area (Å²) in [5.74, 6) is -0.242. The van der Waals surface area contributed by atoms with Crippen molar-refractivity contribution in [3.05, 3.63) is 35.9 Å². The highest BCUT2D eigenvalue weighted by Gasteiger charge is 2.34. The molecule has 1 aromatic rings. The number of hydrogen-bond donors (Lipinski definition) is 1. The van der Waals surface area contributed by atoms with Crippen LogP contribution in [0.1, 0.15) is 26.3 Å². The second kappa shape index (κ2) is 6.81. The zero-order valence-electron chi connectivity index (χ0n) is 13.7. The van der Waals surface area contributed by atoms with E-state index in [2.05, 4.69) is 5.32 Å². The van der Waals surface area contributed by atoms with Gasteiger partial charge in [0.1, 0.15) is 11.6 Å². The first-order chi connectivity index (χ1) is 10.7. The molecule has 2 rings (SSSR count). The van der Waals surface area contributed by atoms with Gasteiger partial charge in [0.15, 0.2) is 5.78 Å². The van der Waals surface area contributed by atoms with E-state index >= 15 is 0 Å². The largest absolute Gasteiger partial charge is 0.444 e. The van der Waals surface area contributed by atoms with Crippen molar-refractivity contribution in [1.29, 1.82) is 0 Å². The number of rotatable bonds is 4. The Bertz CT molecular complexity index is 584. The molecule has 1 aliphatic rings. The lowest BCUT2D eigenvalue weighted by Crippen LogP contribution is -2.58. The molecule has 0 radical (unpaired) electrons. The van der Waals surface area contributed by atoms with Gasteiger partial charge in [-0.2, -0.15) is 0 Å². The Hall–Kier alpha value is -2.37. The predicted molar refractivity (Wildman–Crippen MR) is 84.9 cm³/mol. The number of benzene rings is 1. The van der Waals surface area contributed by atoms with E-state index in [-0.39, 0.29) is 24.8 Å². The molecule has 23 heavy (non-hydrogen) atoms. The lowest BCUT2D eigenvalue weighted by molar-refractivity contribution is -0.146. The number of hydrogen-bond acceptors (Lipinski definition) is 4. The van der Waals surface area contributed by atoms with Crippen molar-refractivity contribution < 1.29 is 19.1 Å². The van der Waals surface area contributed by atoms with Crippen molar-refractivity contribution in [2.45, 2.75) is 38.8 Å². The number of alkyl carbamates (subject to hydrolysis) is 1. The third kappa shape index (κ3) is 5.09. The summed E-state index contributed by atoms with van der Waals surface area (Å²) in [6.45, 7) is 5.50. The van der Waals surface area contributed by atoms with E-state index in [0.29, 0.717) is 6.42 Å². The first-order valence-corrected chi connectivity index (χ1v) is 7.58. The van der Waals surface area contributed by atoms with Crippen LogP contribution < -0.4 is 5.32 Å². The van der Waals surface area contributed by atoms with E-state index < -0.39 is 17.7 Å². The van der Waals surface area contributed by atoms with E-state index in [4.69, 9.17) is 4.74 Å². The molecule has 2 amide bonds. The van der Waals surface area contributed by atoms with Crippen molar-refractivity contribution in [2.24, 2.45) is 0 Å². The molecule has 0 saturated carbocycles. The van der Waals surface area contributed by atoms with Gasteiger partial charge in [0.05, 0.1) is 13.1 Å². The third-order valence-corrected chi connectivity index (χ3v) is 3.32. The number of nitrogens with one attached hydrogen (secondary N) is 1. The maximum Gasteiger partial charge on any atom is 0.408 e. The summed E-state index contributed by atoms with van der Waals surface area (Å²) >= 11 is 0. The minimum atomic E-state index is -0.750. The van der Waals surface area contributed by atoms with Crippen LogP contribution in [0, 0.1) is 0 Å². The molecule has 1 N–H and O–H groups in total. The van der Waals surface area contributed by atoms with Gasteiger partial charge in [0.2, 0.25) is 5.91 Å². The second-order valence-electron chi connectivity index (χ2n) is 6.62. The molecule has 1 unspecified atom stereocenters. The minimum Gasteiger partial charge on any atom is -0.444 e. The summed E-state index contributed by atoms with van der Waals surface area (Å²) in [4.78, 5) is 37.0. The van der Waals surface area contributed by atoms with Crippen LogP contribution in [0.15, 0.2) is 30.3 Å². The summed E-state index contributed by atoms with van der Waals surface area (Å²) in [7, 11) is 0. The number of ketones is 1. The standard InChI is InChI=1S/C17H22N2O4/c1-17(2,3)23-16(22)18-14(9-12-7-5-4-6-8-12)15(21)19-10-13(20)11-19/h4-8,14H,9-11H2,1-3H3,(H,18,22). The SMILES string of the molecule is CC(C)(C)OC(=O)NC(Cc1ccccc1)C(=O)N1CC(=O)C1. The fraction of sp³-hybridized carbons (Fsp3) is 0.471. The maximum absolute atomic E-state index is 12.5. The summed E-state index contributed by atoms with van der Waals surface area (Å²) in [5, 5.41) is 2.62. The minimum absolute atomic E-state index is 0.0223. The van der Waals surface area contributed by atoms with Crippen LogP contribution in [0.5, 0.6) is 0 Å². The summed E-state index contributed by atoms with van der Waals surface area (Å²) in [6, 6.07) is 8.65. The van der Waals surface area contributed by atoms with Crippen LogP contribution in [0.3, 0.4) is 0 Å². The first kappa shape index (κ1) is 17.0. The molecule has 1 heterocycles. The topological polar surface area (TPSA) is 75.7 Å². The average Bonchev–Trinajstić information content (AvgIpc) is 2.41. The van der Waals surface area contributed by atoms with Gasteiger partial charge in [-0.1, -0.05) is 30.3 Å². The smallest absolute Gasteiger partial charge is 0.408 e. The quantitative estimate of drug-likeness (QED) is 0.913. The lowest BCUT2D eigenvalue weighted by atomic mass is 10.0. The zero-order chi connectivity index (χ0) is 17.0. The van der Waals surface area contributed by atoms with Crippen LogP contribution >= 0.6 is 0 Å². The Morgan fingerprint density at radius 1 is 1.22 bits per heavy atom. The molecule has 1 aliphatic heterocycles. The number of likely N-dealkylation sites (tertiary alicyclic amines) is 1. The summed E-state index contributed by atoms with van der Waals surface area (Å²) in [6.07, 6.45) is -0.289. The van der Waals surface area contributed by atoms with Gasteiger partial charge in [-0.25, -0.2) is 4.79 Å². The molecule has 0 aromatic heterocycles. The van der Waals surface area contributed by atoms with E-state index in [9.17, 15) is 14.4 Å². The Kier molecular flexibility index (Phi) is 5.03. The second-order valence-corrected chi connectivity index (χ2v) is 6.62. The molecule has 124 valence electrons. The normalized spacial score (nSPS) is 15.6. The number of ether oxygens (including phenoxy) is 1. The highest BCUT2D eigenvalue weighted by Crippen LogP contribution is 2.12. The predicted octanol–water partition coefficient (Wildman–Crippen LogP) is 1.53. The monoisotopic (exact) mass is 318 g/mol.